The first-order chi connectivity index (χ1) is 13.7. The Balaban J connectivity index is 1.83. The maximum Gasteiger partial charge on any atom is 0.420 e. The lowest BCUT2D eigenvalue weighted by Crippen LogP contribution is -2.09. The van der Waals surface area contributed by atoms with Crippen LogP contribution in [-0.2, 0) is 19.0 Å². The number of nitro groups is 1. The van der Waals surface area contributed by atoms with Crippen molar-refractivity contribution in [2.75, 3.05) is 0 Å². The second kappa shape index (κ2) is 6.61. The van der Waals surface area contributed by atoms with E-state index in [1.807, 2.05) is 0 Å². The van der Waals surface area contributed by atoms with Crippen molar-refractivity contribution in [3.05, 3.63) is 73.1 Å². The molecule has 1 heterocycles. The summed E-state index contributed by atoms with van der Waals surface area (Å²) < 4.78 is 51.0. The standard InChI is InChI=1S/C20H14F3NO5/c1-10-16(8-6-13-12-3-2-4-14(12)19(25)29-18(10)13)28-17-7-5-11(24(26)27)9-15(17)20(21,22)23/h5-9H,2-4H2,1H3. The highest BCUT2D eigenvalue weighted by Gasteiger charge is 2.36. The highest BCUT2D eigenvalue weighted by atomic mass is 19.4. The molecule has 0 amide bonds. The van der Waals surface area contributed by atoms with Gasteiger partial charge in [-0.3, -0.25) is 10.1 Å². The molecule has 1 aliphatic carbocycles. The number of ether oxygens (including phenoxy) is 1. The van der Waals surface area contributed by atoms with Crippen LogP contribution in [0.15, 0.2) is 39.5 Å². The van der Waals surface area contributed by atoms with Gasteiger partial charge in [0.05, 0.1) is 4.92 Å². The van der Waals surface area contributed by atoms with Crippen molar-refractivity contribution in [3.8, 4) is 11.5 Å². The molecular weight excluding hydrogens is 391 g/mol. The topological polar surface area (TPSA) is 82.6 Å². The van der Waals surface area contributed by atoms with Crippen molar-refractivity contribution in [1.29, 1.82) is 0 Å². The predicted molar refractivity (Wildman–Crippen MR) is 97.4 cm³/mol. The molecule has 0 radical (unpaired) electrons. The van der Waals surface area contributed by atoms with Crippen molar-refractivity contribution < 1.29 is 27.2 Å². The summed E-state index contributed by atoms with van der Waals surface area (Å²) >= 11 is 0. The van der Waals surface area contributed by atoms with Gasteiger partial charge in [0, 0.05) is 28.6 Å². The lowest BCUT2D eigenvalue weighted by molar-refractivity contribution is -0.385. The molecule has 0 saturated heterocycles. The molecule has 150 valence electrons. The molecule has 2 aromatic carbocycles. The zero-order chi connectivity index (χ0) is 20.9. The molecule has 1 aromatic heterocycles. The van der Waals surface area contributed by atoms with Gasteiger partial charge in [0.2, 0.25) is 0 Å². The number of hydrogen-bond donors (Lipinski definition) is 0. The number of aryl methyl sites for hydroxylation is 2. The summed E-state index contributed by atoms with van der Waals surface area (Å²) in [6.45, 7) is 1.58. The van der Waals surface area contributed by atoms with E-state index in [4.69, 9.17) is 9.15 Å². The molecule has 0 bridgehead atoms. The molecule has 4 rings (SSSR count). The predicted octanol–water partition coefficient (Wildman–Crippen LogP) is 5.31. The Morgan fingerprint density at radius 1 is 1.10 bits per heavy atom. The molecule has 6 nitrogen and oxygen atoms in total. The van der Waals surface area contributed by atoms with Gasteiger partial charge in [0.1, 0.15) is 22.6 Å². The van der Waals surface area contributed by atoms with E-state index in [2.05, 4.69) is 0 Å². The highest BCUT2D eigenvalue weighted by molar-refractivity contribution is 5.86. The monoisotopic (exact) mass is 405 g/mol. The van der Waals surface area contributed by atoms with E-state index in [9.17, 15) is 28.1 Å². The smallest absolute Gasteiger partial charge is 0.420 e. The number of alkyl halides is 3. The first-order valence-corrected chi connectivity index (χ1v) is 8.78. The Bertz CT molecular complexity index is 1210. The molecule has 0 unspecified atom stereocenters. The molecule has 29 heavy (non-hydrogen) atoms. The number of fused-ring (bicyclic) bond motifs is 3. The van der Waals surface area contributed by atoms with Crippen molar-refractivity contribution in [3.63, 3.8) is 0 Å². The van der Waals surface area contributed by atoms with Crippen LogP contribution in [0.4, 0.5) is 18.9 Å². The largest absolute Gasteiger partial charge is 0.456 e. The number of nitro benzene ring substituents is 1. The third-order valence-corrected chi connectivity index (χ3v) is 5.04. The molecule has 0 saturated carbocycles. The normalized spacial score (nSPS) is 13.5. The van der Waals surface area contributed by atoms with Crippen molar-refractivity contribution in [2.24, 2.45) is 0 Å². The van der Waals surface area contributed by atoms with Gasteiger partial charge in [0.25, 0.3) is 5.69 Å². The number of nitrogens with zero attached hydrogens (tertiary/aromatic N) is 1. The second-order valence-corrected chi connectivity index (χ2v) is 6.80. The Hall–Kier alpha value is -3.36. The van der Waals surface area contributed by atoms with Crippen LogP contribution in [0, 0.1) is 17.0 Å². The fraction of sp³-hybridized carbons (Fsp3) is 0.250. The summed E-state index contributed by atoms with van der Waals surface area (Å²) in [6.07, 6.45) is -2.63. The van der Waals surface area contributed by atoms with E-state index in [1.54, 1.807) is 13.0 Å². The zero-order valence-electron chi connectivity index (χ0n) is 15.1. The van der Waals surface area contributed by atoms with Crippen LogP contribution >= 0.6 is 0 Å². The Kier molecular flexibility index (Phi) is 4.33. The number of hydrogen-bond acceptors (Lipinski definition) is 5. The van der Waals surface area contributed by atoms with Gasteiger partial charge in [-0.15, -0.1) is 0 Å². The van der Waals surface area contributed by atoms with Crippen LogP contribution in [0.1, 0.15) is 28.7 Å². The van der Waals surface area contributed by atoms with E-state index >= 15 is 0 Å². The molecular formula is C20H14F3NO5. The average Bonchev–Trinajstić information content (AvgIpc) is 3.14. The summed E-state index contributed by atoms with van der Waals surface area (Å²) in [6, 6.07) is 5.44. The molecule has 0 spiro atoms. The van der Waals surface area contributed by atoms with E-state index in [0.29, 0.717) is 23.6 Å². The molecule has 0 aliphatic heterocycles. The van der Waals surface area contributed by atoms with E-state index < -0.39 is 33.7 Å². The minimum Gasteiger partial charge on any atom is -0.456 e. The summed E-state index contributed by atoms with van der Waals surface area (Å²) in [4.78, 5) is 22.1. The third kappa shape index (κ3) is 3.22. The first kappa shape index (κ1) is 19.0. The first-order valence-electron chi connectivity index (χ1n) is 8.78. The van der Waals surface area contributed by atoms with Crippen LogP contribution in [0.25, 0.3) is 11.0 Å². The van der Waals surface area contributed by atoms with Gasteiger partial charge in [-0.25, -0.2) is 4.79 Å². The van der Waals surface area contributed by atoms with Crippen LogP contribution in [0.5, 0.6) is 11.5 Å². The number of non-ortho nitro benzene ring substituents is 1. The summed E-state index contributed by atoms with van der Waals surface area (Å²) in [7, 11) is 0. The zero-order valence-corrected chi connectivity index (χ0v) is 15.1. The minimum absolute atomic E-state index is 0.0675. The molecule has 3 aromatic rings. The van der Waals surface area contributed by atoms with Crippen LogP contribution in [-0.4, -0.2) is 4.92 Å². The van der Waals surface area contributed by atoms with Crippen molar-refractivity contribution in [2.45, 2.75) is 32.4 Å². The lowest BCUT2D eigenvalue weighted by Gasteiger charge is -2.16. The van der Waals surface area contributed by atoms with Crippen molar-refractivity contribution in [1.82, 2.24) is 0 Å². The summed E-state index contributed by atoms with van der Waals surface area (Å²) in [5, 5.41) is 11.6. The Labute approximate surface area is 161 Å². The maximum absolute atomic E-state index is 13.4. The average molecular weight is 405 g/mol. The molecule has 1 aliphatic rings. The van der Waals surface area contributed by atoms with Gasteiger partial charge in [-0.2, -0.15) is 13.2 Å². The Morgan fingerprint density at radius 2 is 1.79 bits per heavy atom. The van der Waals surface area contributed by atoms with E-state index in [1.165, 1.54) is 6.07 Å². The Morgan fingerprint density at radius 3 is 2.48 bits per heavy atom. The number of benzene rings is 2. The van der Waals surface area contributed by atoms with Crippen LogP contribution in [0.3, 0.4) is 0 Å². The quantitative estimate of drug-likeness (QED) is 0.335. The number of halogens is 3. The van der Waals surface area contributed by atoms with Gasteiger partial charge in [0.15, 0.2) is 0 Å². The lowest BCUT2D eigenvalue weighted by atomic mass is 10.0. The molecule has 0 N–H and O–H groups in total. The fourth-order valence-corrected chi connectivity index (χ4v) is 3.63. The molecule has 0 atom stereocenters. The van der Waals surface area contributed by atoms with Gasteiger partial charge >= 0.3 is 11.8 Å². The van der Waals surface area contributed by atoms with Crippen molar-refractivity contribution >= 4 is 16.7 Å². The molecule has 0 fully saturated rings. The van der Waals surface area contributed by atoms with Gasteiger partial charge in [-0.1, -0.05) is 0 Å². The van der Waals surface area contributed by atoms with Crippen LogP contribution < -0.4 is 10.4 Å². The minimum atomic E-state index is -4.85. The second-order valence-electron chi connectivity index (χ2n) is 6.80. The molecule has 9 heteroatoms. The highest BCUT2D eigenvalue weighted by Crippen LogP contribution is 2.41. The summed E-state index contributed by atoms with van der Waals surface area (Å²) in [5.74, 6) is -0.507. The SMILES string of the molecule is Cc1c(Oc2ccc([N+](=O)[O-])cc2C(F)(F)F)ccc2c3c(c(=O)oc12)CCC3. The maximum atomic E-state index is 13.4. The van der Waals surface area contributed by atoms with Gasteiger partial charge < -0.3 is 9.15 Å². The van der Waals surface area contributed by atoms with Gasteiger partial charge in [-0.05, 0) is 49.9 Å². The summed E-state index contributed by atoms with van der Waals surface area (Å²) in [5.41, 5.74) is -0.221. The van der Waals surface area contributed by atoms with E-state index in [0.717, 1.165) is 35.9 Å². The fourth-order valence-electron chi connectivity index (χ4n) is 3.63. The third-order valence-electron chi connectivity index (χ3n) is 5.04. The van der Waals surface area contributed by atoms with Crippen LogP contribution in [0.2, 0.25) is 0 Å². The number of rotatable bonds is 3. The van der Waals surface area contributed by atoms with E-state index in [-0.39, 0.29) is 11.3 Å².